The SMILES string of the molecule is CCC(=O)NC1CCCN(c2ncc(Br)cc2C)C1. The average Bonchev–Trinajstić information content (AvgIpc) is 2.39. The minimum Gasteiger partial charge on any atom is -0.354 e. The van der Waals surface area contributed by atoms with Crippen LogP contribution in [0.25, 0.3) is 0 Å². The van der Waals surface area contributed by atoms with Crippen molar-refractivity contribution in [3.8, 4) is 0 Å². The number of halogens is 1. The lowest BCUT2D eigenvalue weighted by atomic mass is 10.0. The van der Waals surface area contributed by atoms with Crippen molar-refractivity contribution in [2.75, 3.05) is 18.0 Å². The molecule has 1 aromatic rings. The Balaban J connectivity index is 2.06. The minimum atomic E-state index is 0.132. The smallest absolute Gasteiger partial charge is 0.219 e. The third-order valence-corrected chi connectivity index (χ3v) is 3.86. The predicted octanol–water partition coefficient (Wildman–Crippen LogP) is 2.65. The normalized spacial score (nSPS) is 19.3. The zero-order valence-corrected chi connectivity index (χ0v) is 13.0. The monoisotopic (exact) mass is 325 g/mol. The molecule has 0 radical (unpaired) electrons. The Bertz CT molecular complexity index is 464. The molecule has 1 aliphatic heterocycles. The number of aromatic nitrogens is 1. The van der Waals surface area contributed by atoms with E-state index in [0.717, 1.165) is 41.8 Å². The molecule has 1 N–H and O–H groups in total. The number of nitrogens with one attached hydrogen (secondary N) is 1. The molecule has 19 heavy (non-hydrogen) atoms. The Kier molecular flexibility index (Phi) is 4.80. The van der Waals surface area contributed by atoms with E-state index in [1.54, 1.807) is 0 Å². The fourth-order valence-electron chi connectivity index (χ4n) is 2.48. The van der Waals surface area contributed by atoms with Gasteiger partial charge in [-0.15, -0.1) is 0 Å². The first-order chi connectivity index (χ1) is 9.10. The van der Waals surface area contributed by atoms with Crippen LogP contribution in [0.2, 0.25) is 0 Å². The summed E-state index contributed by atoms with van der Waals surface area (Å²) in [6.45, 7) is 5.81. The van der Waals surface area contributed by atoms with Crippen LogP contribution < -0.4 is 10.2 Å². The number of amides is 1. The van der Waals surface area contributed by atoms with Crippen LogP contribution >= 0.6 is 15.9 Å². The number of hydrogen-bond donors (Lipinski definition) is 1. The summed E-state index contributed by atoms with van der Waals surface area (Å²) in [6, 6.07) is 2.32. The van der Waals surface area contributed by atoms with E-state index in [-0.39, 0.29) is 11.9 Å². The third kappa shape index (κ3) is 3.69. The van der Waals surface area contributed by atoms with E-state index in [1.165, 1.54) is 0 Å². The largest absolute Gasteiger partial charge is 0.354 e. The molecule has 2 heterocycles. The number of piperidine rings is 1. The van der Waals surface area contributed by atoms with Crippen LogP contribution in [-0.2, 0) is 4.79 Å². The van der Waals surface area contributed by atoms with Crippen molar-refractivity contribution in [3.05, 3.63) is 22.3 Å². The molecule has 0 spiro atoms. The third-order valence-electron chi connectivity index (χ3n) is 3.42. The highest BCUT2D eigenvalue weighted by atomic mass is 79.9. The number of aryl methyl sites for hydroxylation is 1. The van der Waals surface area contributed by atoms with Gasteiger partial charge >= 0.3 is 0 Å². The Labute approximate surface area is 122 Å². The highest BCUT2D eigenvalue weighted by Gasteiger charge is 2.22. The number of rotatable bonds is 3. The van der Waals surface area contributed by atoms with Gasteiger partial charge in [0.1, 0.15) is 5.82 Å². The Morgan fingerprint density at radius 1 is 1.63 bits per heavy atom. The minimum absolute atomic E-state index is 0.132. The summed E-state index contributed by atoms with van der Waals surface area (Å²) in [7, 11) is 0. The fourth-order valence-corrected chi connectivity index (χ4v) is 2.93. The highest BCUT2D eigenvalue weighted by molar-refractivity contribution is 9.10. The van der Waals surface area contributed by atoms with Gasteiger partial charge in [0.05, 0.1) is 0 Å². The van der Waals surface area contributed by atoms with Gasteiger partial charge in [0.2, 0.25) is 5.91 Å². The number of nitrogens with zero attached hydrogens (tertiary/aromatic N) is 2. The van der Waals surface area contributed by atoms with E-state index in [9.17, 15) is 4.79 Å². The van der Waals surface area contributed by atoms with Crippen LogP contribution in [0, 0.1) is 6.92 Å². The fraction of sp³-hybridized carbons (Fsp3) is 0.571. The summed E-state index contributed by atoms with van der Waals surface area (Å²) in [5, 5.41) is 3.08. The first-order valence-corrected chi connectivity index (χ1v) is 7.56. The van der Waals surface area contributed by atoms with Gasteiger partial charge in [-0.1, -0.05) is 6.92 Å². The first kappa shape index (κ1) is 14.3. The van der Waals surface area contributed by atoms with E-state index in [4.69, 9.17) is 0 Å². The van der Waals surface area contributed by atoms with Crippen molar-refractivity contribution in [1.29, 1.82) is 0 Å². The average molecular weight is 326 g/mol. The van der Waals surface area contributed by atoms with E-state index in [2.05, 4.69) is 44.1 Å². The molecule has 1 unspecified atom stereocenters. The maximum absolute atomic E-state index is 11.5. The predicted molar refractivity (Wildman–Crippen MR) is 80.3 cm³/mol. The summed E-state index contributed by atoms with van der Waals surface area (Å²) < 4.78 is 1.00. The number of hydrogen-bond acceptors (Lipinski definition) is 3. The number of carbonyl (C=O) groups excluding carboxylic acids is 1. The summed E-state index contributed by atoms with van der Waals surface area (Å²) in [4.78, 5) is 18.3. The first-order valence-electron chi connectivity index (χ1n) is 6.76. The maximum Gasteiger partial charge on any atom is 0.219 e. The molecule has 2 rings (SSSR count). The number of carbonyl (C=O) groups is 1. The second-order valence-corrected chi connectivity index (χ2v) is 5.92. The van der Waals surface area contributed by atoms with Crippen LogP contribution in [0.15, 0.2) is 16.7 Å². The molecule has 104 valence electrons. The van der Waals surface area contributed by atoms with Crippen molar-refractivity contribution in [3.63, 3.8) is 0 Å². The molecule has 4 nitrogen and oxygen atoms in total. The zero-order chi connectivity index (χ0) is 13.8. The second-order valence-electron chi connectivity index (χ2n) is 5.00. The lowest BCUT2D eigenvalue weighted by Crippen LogP contribution is -2.48. The lowest BCUT2D eigenvalue weighted by molar-refractivity contribution is -0.121. The quantitative estimate of drug-likeness (QED) is 0.929. The number of anilines is 1. The summed E-state index contributed by atoms with van der Waals surface area (Å²) in [5.41, 5.74) is 1.16. The molecule has 1 amide bonds. The van der Waals surface area contributed by atoms with Gasteiger partial charge in [0.15, 0.2) is 0 Å². The van der Waals surface area contributed by atoms with Gasteiger partial charge in [-0.3, -0.25) is 4.79 Å². The molecule has 1 saturated heterocycles. The van der Waals surface area contributed by atoms with Crippen molar-refractivity contribution >= 4 is 27.7 Å². The van der Waals surface area contributed by atoms with Crippen molar-refractivity contribution < 1.29 is 4.79 Å². The molecular formula is C14H20BrN3O. The standard InChI is InChI=1S/C14H20BrN3O/c1-3-13(19)17-12-5-4-6-18(9-12)14-10(2)7-11(15)8-16-14/h7-8,12H,3-6,9H2,1-2H3,(H,17,19). The van der Waals surface area contributed by atoms with E-state index in [1.807, 2.05) is 13.1 Å². The van der Waals surface area contributed by atoms with E-state index in [0.29, 0.717) is 6.42 Å². The van der Waals surface area contributed by atoms with Gasteiger partial charge in [0.25, 0.3) is 0 Å². The summed E-state index contributed by atoms with van der Waals surface area (Å²) in [5.74, 6) is 1.16. The summed E-state index contributed by atoms with van der Waals surface area (Å²) in [6.07, 6.45) is 4.52. The van der Waals surface area contributed by atoms with Crippen LogP contribution in [0.5, 0.6) is 0 Å². The van der Waals surface area contributed by atoms with Gasteiger partial charge < -0.3 is 10.2 Å². The number of pyridine rings is 1. The van der Waals surface area contributed by atoms with Crippen LogP contribution in [0.4, 0.5) is 5.82 Å². The second kappa shape index (κ2) is 6.37. The zero-order valence-electron chi connectivity index (χ0n) is 11.4. The van der Waals surface area contributed by atoms with Crippen molar-refractivity contribution in [1.82, 2.24) is 10.3 Å². The van der Waals surface area contributed by atoms with Gasteiger partial charge in [-0.2, -0.15) is 0 Å². The summed E-state index contributed by atoms with van der Waals surface area (Å²) >= 11 is 3.44. The molecule has 0 aliphatic carbocycles. The topological polar surface area (TPSA) is 45.2 Å². The molecule has 1 aliphatic rings. The molecular weight excluding hydrogens is 306 g/mol. The molecule has 5 heteroatoms. The van der Waals surface area contributed by atoms with Crippen LogP contribution in [0.1, 0.15) is 31.7 Å². The highest BCUT2D eigenvalue weighted by Crippen LogP contribution is 2.23. The van der Waals surface area contributed by atoms with E-state index < -0.39 is 0 Å². The van der Waals surface area contributed by atoms with Crippen LogP contribution in [0.3, 0.4) is 0 Å². The maximum atomic E-state index is 11.5. The Morgan fingerprint density at radius 2 is 2.42 bits per heavy atom. The molecule has 0 bridgehead atoms. The molecule has 1 aromatic heterocycles. The Morgan fingerprint density at radius 3 is 3.11 bits per heavy atom. The van der Waals surface area contributed by atoms with Crippen LogP contribution in [-0.4, -0.2) is 30.0 Å². The van der Waals surface area contributed by atoms with Crippen molar-refractivity contribution in [2.24, 2.45) is 0 Å². The van der Waals surface area contributed by atoms with Crippen molar-refractivity contribution in [2.45, 2.75) is 39.2 Å². The molecule has 1 atom stereocenters. The molecule has 0 aromatic carbocycles. The van der Waals surface area contributed by atoms with Gasteiger partial charge in [0, 0.05) is 36.2 Å². The Hall–Kier alpha value is -1.10. The van der Waals surface area contributed by atoms with E-state index >= 15 is 0 Å². The molecule has 1 fully saturated rings. The lowest BCUT2D eigenvalue weighted by Gasteiger charge is -2.34. The van der Waals surface area contributed by atoms with Gasteiger partial charge in [-0.05, 0) is 47.3 Å². The molecule has 0 saturated carbocycles. The van der Waals surface area contributed by atoms with Gasteiger partial charge in [-0.25, -0.2) is 4.98 Å².